The second-order valence-corrected chi connectivity index (χ2v) is 3.99. The van der Waals surface area contributed by atoms with E-state index in [4.69, 9.17) is 0 Å². The van der Waals surface area contributed by atoms with Crippen LogP contribution in [0.2, 0.25) is 0 Å². The average molecular weight is 206 g/mol. The zero-order valence-electron chi connectivity index (χ0n) is 8.24. The minimum absolute atomic E-state index is 0.140. The van der Waals surface area contributed by atoms with Gasteiger partial charge in [0.15, 0.2) is 0 Å². The standard InChI is InChI=1S/C11H11FN2O/c12-14-6-5-13-9-4-2-1-3-8(9)7-10(13)11(14)15/h5-7H,1-4H2. The first kappa shape index (κ1) is 8.71. The first-order valence-corrected chi connectivity index (χ1v) is 5.18. The van der Waals surface area contributed by atoms with Gasteiger partial charge in [-0.05, 0) is 37.3 Å². The SMILES string of the molecule is O=c1c2cc3c(n2ccn1F)CCCC3. The van der Waals surface area contributed by atoms with Crippen molar-refractivity contribution in [1.29, 1.82) is 0 Å². The summed E-state index contributed by atoms with van der Waals surface area (Å²) in [6.45, 7) is 0. The van der Waals surface area contributed by atoms with E-state index in [2.05, 4.69) is 0 Å². The molecule has 1 aliphatic carbocycles. The van der Waals surface area contributed by atoms with Gasteiger partial charge in [0.2, 0.25) is 0 Å². The summed E-state index contributed by atoms with van der Waals surface area (Å²) < 4.78 is 14.8. The van der Waals surface area contributed by atoms with Gasteiger partial charge >= 0.3 is 5.56 Å². The fourth-order valence-electron chi connectivity index (χ4n) is 2.36. The Labute approximate surface area is 85.7 Å². The quantitative estimate of drug-likeness (QED) is 0.644. The Morgan fingerprint density at radius 3 is 2.87 bits per heavy atom. The third-order valence-electron chi connectivity index (χ3n) is 3.10. The molecule has 2 aromatic rings. The number of aromatic nitrogens is 2. The molecule has 0 radical (unpaired) electrons. The van der Waals surface area contributed by atoms with Crippen LogP contribution in [0.1, 0.15) is 24.1 Å². The van der Waals surface area contributed by atoms with Crippen LogP contribution in [-0.4, -0.2) is 9.19 Å². The average Bonchev–Trinajstić information content (AvgIpc) is 2.63. The highest BCUT2D eigenvalue weighted by atomic mass is 19.2. The molecule has 2 heterocycles. The molecule has 15 heavy (non-hydrogen) atoms. The maximum absolute atomic E-state index is 13.0. The van der Waals surface area contributed by atoms with Crippen molar-refractivity contribution in [3.8, 4) is 0 Å². The molecule has 0 bridgehead atoms. The second-order valence-electron chi connectivity index (χ2n) is 3.99. The third kappa shape index (κ3) is 1.14. The largest absolute Gasteiger partial charge is 0.314 e. The van der Waals surface area contributed by atoms with Crippen molar-refractivity contribution in [3.63, 3.8) is 0 Å². The number of halogens is 1. The van der Waals surface area contributed by atoms with E-state index in [1.54, 1.807) is 6.20 Å². The molecular formula is C11H11FN2O. The molecule has 3 rings (SSSR count). The van der Waals surface area contributed by atoms with E-state index in [0.29, 0.717) is 5.52 Å². The predicted octanol–water partition coefficient (Wildman–Crippen LogP) is 1.71. The number of hydrogen-bond donors (Lipinski definition) is 0. The zero-order chi connectivity index (χ0) is 10.4. The molecule has 2 aromatic heterocycles. The fraction of sp³-hybridized carbons (Fsp3) is 0.364. The molecular weight excluding hydrogens is 195 g/mol. The van der Waals surface area contributed by atoms with Crippen LogP contribution in [0.3, 0.4) is 0 Å². The lowest BCUT2D eigenvalue weighted by molar-refractivity contribution is 0.352. The van der Waals surface area contributed by atoms with Gasteiger partial charge in [-0.15, -0.1) is 4.79 Å². The third-order valence-corrected chi connectivity index (χ3v) is 3.10. The van der Waals surface area contributed by atoms with Crippen LogP contribution in [-0.2, 0) is 12.8 Å². The molecule has 78 valence electrons. The molecule has 4 heteroatoms. The van der Waals surface area contributed by atoms with Crippen LogP contribution in [0.4, 0.5) is 4.48 Å². The van der Waals surface area contributed by atoms with Crippen LogP contribution < -0.4 is 5.56 Å². The molecule has 0 unspecified atom stereocenters. The molecule has 0 saturated carbocycles. The summed E-state index contributed by atoms with van der Waals surface area (Å²) in [7, 11) is 0. The van der Waals surface area contributed by atoms with Crippen LogP contribution >= 0.6 is 0 Å². The highest BCUT2D eigenvalue weighted by Gasteiger charge is 2.16. The van der Waals surface area contributed by atoms with Gasteiger partial charge in [-0.1, -0.05) is 4.48 Å². The number of rotatable bonds is 0. The van der Waals surface area contributed by atoms with E-state index in [0.717, 1.165) is 25.7 Å². The Hall–Kier alpha value is -1.58. The van der Waals surface area contributed by atoms with Crippen LogP contribution in [0.25, 0.3) is 5.52 Å². The van der Waals surface area contributed by atoms with E-state index in [-0.39, 0.29) is 4.79 Å². The molecule has 0 N–H and O–H groups in total. The molecule has 1 aliphatic rings. The van der Waals surface area contributed by atoms with Crippen molar-refractivity contribution in [2.24, 2.45) is 0 Å². The van der Waals surface area contributed by atoms with Gasteiger partial charge in [0.25, 0.3) is 0 Å². The predicted molar refractivity (Wildman–Crippen MR) is 54.8 cm³/mol. The number of hydrogen-bond acceptors (Lipinski definition) is 1. The van der Waals surface area contributed by atoms with Crippen molar-refractivity contribution in [3.05, 3.63) is 40.1 Å². The van der Waals surface area contributed by atoms with E-state index in [9.17, 15) is 9.28 Å². The highest BCUT2D eigenvalue weighted by Crippen LogP contribution is 2.23. The van der Waals surface area contributed by atoms with Crippen LogP contribution in [0, 0.1) is 0 Å². The summed E-state index contributed by atoms with van der Waals surface area (Å²) in [5.41, 5.74) is 2.26. The van der Waals surface area contributed by atoms with Gasteiger partial charge in [0, 0.05) is 11.9 Å². The topological polar surface area (TPSA) is 26.4 Å². The monoisotopic (exact) mass is 206 g/mol. The second kappa shape index (κ2) is 2.95. The van der Waals surface area contributed by atoms with Crippen molar-refractivity contribution >= 4 is 5.52 Å². The molecule has 0 spiro atoms. The van der Waals surface area contributed by atoms with Crippen LogP contribution in [0.15, 0.2) is 23.3 Å². The molecule has 0 fully saturated rings. The Morgan fingerprint density at radius 1 is 1.20 bits per heavy atom. The Balaban J connectivity index is 2.41. The number of fused-ring (bicyclic) bond motifs is 3. The summed E-state index contributed by atoms with van der Waals surface area (Å²) >= 11 is 0. The zero-order valence-corrected chi connectivity index (χ0v) is 8.24. The van der Waals surface area contributed by atoms with Crippen LogP contribution in [0.5, 0.6) is 0 Å². The fourth-order valence-corrected chi connectivity index (χ4v) is 2.36. The van der Waals surface area contributed by atoms with E-state index in [1.807, 2.05) is 10.5 Å². The van der Waals surface area contributed by atoms with Gasteiger partial charge in [0.1, 0.15) is 5.52 Å². The number of nitrogens with zero attached hydrogens (tertiary/aromatic N) is 2. The summed E-state index contributed by atoms with van der Waals surface area (Å²) in [5.74, 6) is 0. The van der Waals surface area contributed by atoms with E-state index < -0.39 is 5.56 Å². The minimum atomic E-state index is -0.563. The van der Waals surface area contributed by atoms with Crippen molar-refractivity contribution in [1.82, 2.24) is 9.19 Å². The summed E-state index contributed by atoms with van der Waals surface area (Å²) in [6.07, 6.45) is 7.10. The molecule has 3 nitrogen and oxygen atoms in total. The summed E-state index contributed by atoms with van der Waals surface area (Å²) in [6, 6.07) is 1.83. The lowest BCUT2D eigenvalue weighted by Gasteiger charge is -2.11. The van der Waals surface area contributed by atoms with Gasteiger partial charge in [-0.3, -0.25) is 4.79 Å². The van der Waals surface area contributed by atoms with E-state index >= 15 is 0 Å². The molecule has 0 atom stereocenters. The Bertz CT molecular complexity index is 582. The highest BCUT2D eigenvalue weighted by molar-refractivity contribution is 5.52. The van der Waals surface area contributed by atoms with Gasteiger partial charge in [0.05, 0.1) is 6.20 Å². The molecule has 0 amide bonds. The van der Waals surface area contributed by atoms with Gasteiger partial charge in [-0.25, -0.2) is 0 Å². The maximum Gasteiger partial charge on any atom is 0.302 e. The van der Waals surface area contributed by atoms with Crippen molar-refractivity contribution in [2.45, 2.75) is 25.7 Å². The molecule has 0 saturated heterocycles. The van der Waals surface area contributed by atoms with E-state index in [1.165, 1.54) is 17.5 Å². The van der Waals surface area contributed by atoms with Crippen molar-refractivity contribution < 1.29 is 4.48 Å². The molecule has 0 aliphatic heterocycles. The lowest BCUT2D eigenvalue weighted by Crippen LogP contribution is -2.15. The van der Waals surface area contributed by atoms with Crippen molar-refractivity contribution in [2.75, 3.05) is 0 Å². The maximum atomic E-state index is 13.0. The van der Waals surface area contributed by atoms with Gasteiger partial charge < -0.3 is 4.40 Å². The van der Waals surface area contributed by atoms with Gasteiger partial charge in [-0.2, -0.15) is 0 Å². The first-order valence-electron chi connectivity index (χ1n) is 5.18. The summed E-state index contributed by atoms with van der Waals surface area (Å²) in [4.78, 5) is 11.7. The molecule has 0 aromatic carbocycles. The summed E-state index contributed by atoms with van der Waals surface area (Å²) in [5, 5.41) is 0. The lowest BCUT2D eigenvalue weighted by atomic mass is 9.98. The normalized spacial score (nSPS) is 15.5. The smallest absolute Gasteiger partial charge is 0.302 e. The Morgan fingerprint density at radius 2 is 2.00 bits per heavy atom. The first-order chi connectivity index (χ1) is 7.27. The minimum Gasteiger partial charge on any atom is -0.314 e. The Kier molecular flexibility index (Phi) is 1.71. The number of aryl methyl sites for hydroxylation is 2.